The SMILES string of the molecule is CC/C=C\C/C=C\C/C=C\C/C=C\C/C=C\CCCCCC(=O)OCC(COC(=O)CCCCCCC/C=C\C/C=C\CCCCC)OC(=O)CCCCCCC/C=C\C/C=C\CCCCCC. The van der Waals surface area contributed by atoms with Crippen LogP contribution in [-0.4, -0.2) is 37.2 Å². The van der Waals surface area contributed by atoms with E-state index in [9.17, 15) is 14.4 Å². The molecule has 0 fully saturated rings. The molecule has 0 aromatic heterocycles. The lowest BCUT2D eigenvalue weighted by atomic mass is 10.1. The zero-order valence-electron chi connectivity index (χ0n) is 44.1. The molecule has 1 atom stereocenters. The van der Waals surface area contributed by atoms with Crippen molar-refractivity contribution in [2.75, 3.05) is 13.2 Å². The van der Waals surface area contributed by atoms with Gasteiger partial charge >= 0.3 is 17.9 Å². The number of hydrogen-bond acceptors (Lipinski definition) is 6. The lowest BCUT2D eigenvalue weighted by molar-refractivity contribution is -0.167. The van der Waals surface area contributed by atoms with Crippen LogP contribution in [0.5, 0.6) is 0 Å². The molecule has 0 aliphatic heterocycles. The van der Waals surface area contributed by atoms with Crippen molar-refractivity contribution in [1.29, 1.82) is 0 Å². The van der Waals surface area contributed by atoms with E-state index in [-0.39, 0.29) is 31.1 Å². The minimum absolute atomic E-state index is 0.104. The van der Waals surface area contributed by atoms with Crippen LogP contribution in [0.25, 0.3) is 0 Å². The van der Waals surface area contributed by atoms with E-state index in [1.807, 2.05) is 0 Å². The average Bonchev–Trinajstić information content (AvgIpc) is 3.34. The molecule has 0 heterocycles. The lowest BCUT2D eigenvalue weighted by Gasteiger charge is -2.18. The molecule has 0 N–H and O–H groups in total. The van der Waals surface area contributed by atoms with E-state index >= 15 is 0 Å². The summed E-state index contributed by atoms with van der Waals surface area (Å²) in [5.74, 6) is -0.964. The number of rotatable bonds is 49. The minimum Gasteiger partial charge on any atom is -0.462 e. The highest BCUT2D eigenvalue weighted by atomic mass is 16.6. The third-order valence-corrected chi connectivity index (χ3v) is 11.5. The monoisotopic (exact) mass is 943 g/mol. The van der Waals surface area contributed by atoms with Gasteiger partial charge in [-0.25, -0.2) is 0 Å². The predicted molar refractivity (Wildman–Crippen MR) is 293 cm³/mol. The molecule has 0 saturated heterocycles. The number of esters is 3. The van der Waals surface area contributed by atoms with E-state index in [4.69, 9.17) is 14.2 Å². The topological polar surface area (TPSA) is 78.9 Å². The second kappa shape index (κ2) is 55.7. The quantitative estimate of drug-likeness (QED) is 0.0262. The van der Waals surface area contributed by atoms with E-state index in [1.54, 1.807) is 0 Å². The Morgan fingerprint density at radius 2 is 0.574 bits per heavy atom. The standard InChI is InChI=1S/C62H102O6/c1-4-7-10-13-16-19-22-25-28-30-31-32-35-37-40-43-46-49-52-55-61(64)67-58-59(57-66-60(63)54-51-48-45-42-39-36-33-27-24-21-18-15-12-9-6-3)68-62(65)56-53-50-47-44-41-38-34-29-26-23-20-17-14-11-8-5-2/h7,10,16,18-21,23,25,27-29,31-34,37,40,59H,4-6,8-9,11-15,17,22,24,26,30,35-36,38-39,41-58H2,1-3H3/b10-7-,19-16-,21-18-,23-20-,28-25-,32-31-,33-27-,34-29-,40-37-. The molecule has 0 aromatic rings. The van der Waals surface area contributed by atoms with Crippen LogP contribution < -0.4 is 0 Å². The van der Waals surface area contributed by atoms with Crippen LogP contribution in [-0.2, 0) is 28.6 Å². The lowest BCUT2D eigenvalue weighted by Crippen LogP contribution is -2.30. The van der Waals surface area contributed by atoms with Gasteiger partial charge in [0.15, 0.2) is 6.10 Å². The number of ether oxygens (including phenoxy) is 3. The predicted octanol–water partition coefficient (Wildman–Crippen LogP) is 18.7. The van der Waals surface area contributed by atoms with Gasteiger partial charge in [0.25, 0.3) is 0 Å². The molecule has 0 bridgehead atoms. The molecule has 1 unspecified atom stereocenters. The van der Waals surface area contributed by atoms with Crippen molar-refractivity contribution >= 4 is 17.9 Å². The summed E-state index contributed by atoms with van der Waals surface area (Å²) in [5.41, 5.74) is 0. The number of carbonyl (C=O) groups excluding carboxylic acids is 3. The third-order valence-electron chi connectivity index (χ3n) is 11.5. The van der Waals surface area contributed by atoms with E-state index in [0.29, 0.717) is 19.3 Å². The van der Waals surface area contributed by atoms with E-state index in [1.165, 1.54) is 57.8 Å². The van der Waals surface area contributed by atoms with Gasteiger partial charge in [0.2, 0.25) is 0 Å². The van der Waals surface area contributed by atoms with Gasteiger partial charge in [-0.3, -0.25) is 14.4 Å². The maximum atomic E-state index is 12.8. The van der Waals surface area contributed by atoms with Crippen molar-refractivity contribution in [3.05, 3.63) is 109 Å². The molecule has 68 heavy (non-hydrogen) atoms. The van der Waals surface area contributed by atoms with Crippen LogP contribution >= 0.6 is 0 Å². The largest absolute Gasteiger partial charge is 0.462 e. The van der Waals surface area contributed by atoms with Crippen molar-refractivity contribution in [2.45, 2.75) is 252 Å². The molecule has 386 valence electrons. The van der Waals surface area contributed by atoms with Crippen LogP contribution in [0.15, 0.2) is 109 Å². The van der Waals surface area contributed by atoms with Crippen molar-refractivity contribution in [2.24, 2.45) is 0 Å². The Kier molecular flexibility index (Phi) is 52.4. The first kappa shape index (κ1) is 64.1. The summed E-state index contributed by atoms with van der Waals surface area (Å²) >= 11 is 0. The molecular weight excluding hydrogens is 841 g/mol. The summed E-state index contributed by atoms with van der Waals surface area (Å²) in [6, 6.07) is 0. The summed E-state index contributed by atoms with van der Waals surface area (Å²) in [6.45, 7) is 6.43. The van der Waals surface area contributed by atoms with Gasteiger partial charge in [-0.2, -0.15) is 0 Å². The van der Waals surface area contributed by atoms with Crippen LogP contribution in [0.4, 0.5) is 0 Å². The Hall–Kier alpha value is -3.93. The molecule has 0 aromatic carbocycles. The summed E-state index contributed by atoms with van der Waals surface area (Å²) < 4.78 is 16.8. The fourth-order valence-corrected chi connectivity index (χ4v) is 7.29. The Labute approximate surface area is 419 Å². The van der Waals surface area contributed by atoms with Gasteiger partial charge in [0.05, 0.1) is 0 Å². The van der Waals surface area contributed by atoms with Gasteiger partial charge < -0.3 is 14.2 Å². The molecule has 0 radical (unpaired) electrons. The zero-order valence-corrected chi connectivity index (χ0v) is 44.1. The Morgan fingerprint density at radius 3 is 0.941 bits per heavy atom. The van der Waals surface area contributed by atoms with Crippen LogP contribution in [0.3, 0.4) is 0 Å². The van der Waals surface area contributed by atoms with Gasteiger partial charge in [0.1, 0.15) is 13.2 Å². The van der Waals surface area contributed by atoms with E-state index in [2.05, 4.69) is 130 Å². The fourth-order valence-electron chi connectivity index (χ4n) is 7.29. The van der Waals surface area contributed by atoms with Crippen molar-refractivity contribution in [3.63, 3.8) is 0 Å². The Bertz CT molecular complexity index is 1410. The first-order chi connectivity index (χ1) is 33.5. The van der Waals surface area contributed by atoms with Crippen LogP contribution in [0.1, 0.15) is 245 Å². The first-order valence-corrected chi connectivity index (χ1v) is 27.9. The summed E-state index contributed by atoms with van der Waals surface area (Å²) in [4.78, 5) is 38.1. The highest BCUT2D eigenvalue weighted by Crippen LogP contribution is 2.13. The number of hydrogen-bond donors (Lipinski definition) is 0. The second-order valence-corrected chi connectivity index (χ2v) is 18.1. The molecule has 6 heteroatoms. The van der Waals surface area contributed by atoms with Crippen LogP contribution in [0, 0.1) is 0 Å². The minimum atomic E-state index is -0.807. The molecular formula is C62H102O6. The Balaban J connectivity index is 4.51. The van der Waals surface area contributed by atoms with Crippen molar-refractivity contribution in [1.82, 2.24) is 0 Å². The molecule has 0 rings (SSSR count). The summed E-state index contributed by atoms with van der Waals surface area (Å²) in [7, 11) is 0. The van der Waals surface area contributed by atoms with E-state index in [0.717, 1.165) is 148 Å². The van der Waals surface area contributed by atoms with E-state index < -0.39 is 6.10 Å². The Morgan fingerprint density at radius 1 is 0.309 bits per heavy atom. The van der Waals surface area contributed by atoms with Gasteiger partial charge in [-0.1, -0.05) is 207 Å². The van der Waals surface area contributed by atoms with Gasteiger partial charge in [-0.05, 0) is 128 Å². The number of unbranched alkanes of at least 4 members (excludes halogenated alkanes) is 20. The zero-order chi connectivity index (χ0) is 49.3. The average molecular weight is 943 g/mol. The normalized spacial score (nSPS) is 12.9. The molecule has 0 amide bonds. The first-order valence-electron chi connectivity index (χ1n) is 27.9. The third kappa shape index (κ3) is 53.0. The molecule has 6 nitrogen and oxygen atoms in total. The van der Waals surface area contributed by atoms with Gasteiger partial charge in [-0.15, -0.1) is 0 Å². The van der Waals surface area contributed by atoms with Crippen molar-refractivity contribution < 1.29 is 28.6 Å². The van der Waals surface area contributed by atoms with Gasteiger partial charge in [0, 0.05) is 19.3 Å². The summed E-state index contributed by atoms with van der Waals surface area (Å²) in [6.07, 6.45) is 75.0. The number of allylic oxidation sites excluding steroid dienone is 18. The maximum Gasteiger partial charge on any atom is 0.306 e. The molecule has 0 spiro atoms. The number of carbonyl (C=O) groups is 3. The van der Waals surface area contributed by atoms with Crippen LogP contribution in [0.2, 0.25) is 0 Å². The smallest absolute Gasteiger partial charge is 0.306 e. The second-order valence-electron chi connectivity index (χ2n) is 18.1. The fraction of sp³-hybridized carbons (Fsp3) is 0.661. The highest BCUT2D eigenvalue weighted by molar-refractivity contribution is 5.71. The maximum absolute atomic E-state index is 12.8. The highest BCUT2D eigenvalue weighted by Gasteiger charge is 2.19. The summed E-state index contributed by atoms with van der Waals surface area (Å²) in [5, 5.41) is 0. The van der Waals surface area contributed by atoms with Crippen molar-refractivity contribution in [3.8, 4) is 0 Å². The molecule has 0 aliphatic carbocycles. The molecule has 0 saturated carbocycles. The molecule has 0 aliphatic rings.